The van der Waals surface area contributed by atoms with Gasteiger partial charge in [0.15, 0.2) is 6.17 Å². The average molecular weight is 394 g/mol. The lowest BCUT2D eigenvalue weighted by Crippen LogP contribution is -2.89. The first-order chi connectivity index (χ1) is 13.6. The monoisotopic (exact) mass is 393 g/mol. The molecule has 0 spiro atoms. The number of rotatable bonds is 4. The fraction of sp³-hybridized carbons (Fsp3) is 0.130. The third-order valence-electron chi connectivity index (χ3n) is 4.96. The third kappa shape index (κ3) is 3.84. The molecule has 0 aromatic heterocycles. The fourth-order valence-corrected chi connectivity index (χ4v) is 3.63. The summed E-state index contributed by atoms with van der Waals surface area (Å²) in [6, 6.07) is 23.2. The SMILES string of the molecule is COc1cccc(C2=CC(c3ccccc3O)[NH2+]C(c3ccc(Cl)cc3)N2)c1. The van der Waals surface area contributed by atoms with Crippen LogP contribution in [0.5, 0.6) is 11.5 Å². The van der Waals surface area contributed by atoms with E-state index in [0.717, 1.165) is 28.1 Å². The maximum absolute atomic E-state index is 10.4. The number of phenolic OH excluding ortho intramolecular Hbond substituents is 1. The molecule has 1 heterocycles. The predicted molar refractivity (Wildman–Crippen MR) is 111 cm³/mol. The van der Waals surface area contributed by atoms with Gasteiger partial charge in [-0.3, -0.25) is 0 Å². The van der Waals surface area contributed by atoms with Gasteiger partial charge in [0.2, 0.25) is 0 Å². The first-order valence-electron chi connectivity index (χ1n) is 9.15. The van der Waals surface area contributed by atoms with Crippen LogP contribution in [0.25, 0.3) is 5.70 Å². The normalized spacial score (nSPS) is 18.9. The molecule has 142 valence electrons. The standard InChI is InChI=1S/C23H21ClN2O2/c1-28-18-6-4-5-16(13-18)20-14-21(19-7-2-3-8-22(19)27)26-23(25-20)15-9-11-17(24)12-10-15/h2-14,21,23,25-27H,1H3/p+1. The van der Waals surface area contributed by atoms with Crippen LogP contribution in [0.3, 0.4) is 0 Å². The van der Waals surface area contributed by atoms with E-state index in [4.69, 9.17) is 16.3 Å². The molecule has 0 saturated heterocycles. The van der Waals surface area contributed by atoms with E-state index < -0.39 is 0 Å². The Morgan fingerprint density at radius 2 is 1.79 bits per heavy atom. The van der Waals surface area contributed by atoms with Gasteiger partial charge in [-0.1, -0.05) is 35.9 Å². The molecule has 0 bridgehead atoms. The Hall–Kier alpha value is -2.95. The van der Waals surface area contributed by atoms with Crippen molar-refractivity contribution in [2.24, 2.45) is 0 Å². The van der Waals surface area contributed by atoms with Crippen molar-refractivity contribution in [1.82, 2.24) is 5.32 Å². The molecule has 1 aliphatic heterocycles. The van der Waals surface area contributed by atoms with Gasteiger partial charge in [-0.15, -0.1) is 0 Å². The maximum Gasteiger partial charge on any atom is 0.186 e. The smallest absolute Gasteiger partial charge is 0.186 e. The number of aromatic hydroxyl groups is 1. The second-order valence-electron chi connectivity index (χ2n) is 6.76. The third-order valence-corrected chi connectivity index (χ3v) is 5.21. The summed E-state index contributed by atoms with van der Waals surface area (Å²) in [4.78, 5) is 0. The van der Waals surface area contributed by atoms with Crippen molar-refractivity contribution in [3.63, 3.8) is 0 Å². The molecule has 4 nitrogen and oxygen atoms in total. The van der Waals surface area contributed by atoms with E-state index in [1.165, 1.54) is 0 Å². The van der Waals surface area contributed by atoms with Crippen molar-refractivity contribution >= 4 is 17.3 Å². The lowest BCUT2D eigenvalue weighted by Gasteiger charge is -2.30. The van der Waals surface area contributed by atoms with E-state index >= 15 is 0 Å². The number of nitrogens with two attached hydrogens (primary N) is 1. The van der Waals surface area contributed by atoms with Crippen LogP contribution < -0.4 is 15.4 Å². The van der Waals surface area contributed by atoms with Gasteiger partial charge >= 0.3 is 0 Å². The summed E-state index contributed by atoms with van der Waals surface area (Å²) in [6.07, 6.45) is 2.11. The highest BCUT2D eigenvalue weighted by Gasteiger charge is 2.29. The number of hydrogen-bond donors (Lipinski definition) is 3. The second-order valence-corrected chi connectivity index (χ2v) is 7.20. The quantitative estimate of drug-likeness (QED) is 0.628. The Morgan fingerprint density at radius 3 is 2.54 bits per heavy atom. The predicted octanol–water partition coefficient (Wildman–Crippen LogP) is 4.00. The average Bonchev–Trinajstić information content (AvgIpc) is 2.74. The number of nitrogens with one attached hydrogen (secondary N) is 1. The van der Waals surface area contributed by atoms with Crippen molar-refractivity contribution in [3.8, 4) is 11.5 Å². The molecule has 5 heteroatoms. The highest BCUT2D eigenvalue weighted by Crippen LogP contribution is 2.30. The van der Waals surface area contributed by atoms with E-state index in [-0.39, 0.29) is 12.2 Å². The van der Waals surface area contributed by atoms with E-state index in [1.807, 2.05) is 66.7 Å². The van der Waals surface area contributed by atoms with E-state index in [1.54, 1.807) is 13.2 Å². The summed E-state index contributed by atoms with van der Waals surface area (Å²) in [5.74, 6) is 1.10. The molecule has 3 aromatic carbocycles. The van der Waals surface area contributed by atoms with E-state index in [0.29, 0.717) is 10.8 Å². The zero-order valence-electron chi connectivity index (χ0n) is 15.5. The number of ether oxygens (including phenoxy) is 1. The molecular formula is C23H22ClN2O2+. The zero-order valence-corrected chi connectivity index (χ0v) is 16.2. The molecule has 2 unspecified atom stereocenters. The van der Waals surface area contributed by atoms with Gasteiger partial charge in [-0.25, -0.2) is 0 Å². The lowest BCUT2D eigenvalue weighted by molar-refractivity contribution is -0.731. The van der Waals surface area contributed by atoms with Crippen LogP contribution in [0.15, 0.2) is 78.9 Å². The second kappa shape index (κ2) is 7.97. The molecule has 2 atom stereocenters. The molecule has 3 aromatic rings. The Balaban J connectivity index is 1.76. The fourth-order valence-electron chi connectivity index (χ4n) is 3.50. The number of para-hydroxylation sites is 1. The van der Waals surface area contributed by atoms with E-state index in [2.05, 4.69) is 16.7 Å². The Labute approximate surface area is 169 Å². The highest BCUT2D eigenvalue weighted by molar-refractivity contribution is 6.30. The van der Waals surface area contributed by atoms with Crippen molar-refractivity contribution in [2.45, 2.75) is 12.2 Å². The number of benzene rings is 3. The minimum atomic E-state index is -0.0377. The van der Waals surface area contributed by atoms with Crippen LogP contribution in [-0.2, 0) is 0 Å². The van der Waals surface area contributed by atoms with Crippen LogP contribution in [0, 0.1) is 0 Å². The molecule has 0 aliphatic carbocycles. The summed E-state index contributed by atoms with van der Waals surface area (Å²) in [6.45, 7) is 0. The molecule has 4 N–H and O–H groups in total. The summed E-state index contributed by atoms with van der Waals surface area (Å²) in [5.41, 5.74) is 4.02. The maximum atomic E-state index is 10.4. The Morgan fingerprint density at radius 1 is 1.00 bits per heavy atom. The lowest BCUT2D eigenvalue weighted by atomic mass is 9.98. The molecule has 0 fully saturated rings. The molecule has 0 saturated carbocycles. The molecule has 4 rings (SSSR count). The van der Waals surface area contributed by atoms with Crippen LogP contribution >= 0.6 is 11.6 Å². The number of phenols is 1. The van der Waals surface area contributed by atoms with Gasteiger partial charge in [0.25, 0.3) is 0 Å². The van der Waals surface area contributed by atoms with Crippen molar-refractivity contribution < 1.29 is 15.2 Å². The Bertz CT molecular complexity index is 1000. The van der Waals surface area contributed by atoms with Crippen LogP contribution in [-0.4, -0.2) is 12.2 Å². The van der Waals surface area contributed by atoms with Crippen LogP contribution in [0.4, 0.5) is 0 Å². The topological polar surface area (TPSA) is 58.1 Å². The van der Waals surface area contributed by atoms with Crippen molar-refractivity contribution in [1.29, 1.82) is 0 Å². The van der Waals surface area contributed by atoms with Gasteiger partial charge in [0, 0.05) is 27.9 Å². The zero-order chi connectivity index (χ0) is 19.5. The minimum absolute atomic E-state index is 0.0203. The first-order valence-corrected chi connectivity index (χ1v) is 9.53. The molecule has 1 aliphatic rings. The number of quaternary nitrogens is 1. The Kier molecular flexibility index (Phi) is 5.24. The van der Waals surface area contributed by atoms with Crippen molar-refractivity contribution in [2.75, 3.05) is 7.11 Å². The molecular weight excluding hydrogens is 372 g/mol. The van der Waals surface area contributed by atoms with E-state index in [9.17, 15) is 5.11 Å². The highest BCUT2D eigenvalue weighted by atomic mass is 35.5. The largest absolute Gasteiger partial charge is 0.507 e. The summed E-state index contributed by atoms with van der Waals surface area (Å²) in [5, 5.41) is 16.9. The van der Waals surface area contributed by atoms with Gasteiger partial charge in [0.05, 0.1) is 12.7 Å². The van der Waals surface area contributed by atoms with Crippen molar-refractivity contribution in [3.05, 3.63) is 101 Å². The molecule has 0 radical (unpaired) electrons. The number of hydrogen-bond acceptors (Lipinski definition) is 3. The van der Waals surface area contributed by atoms with Gasteiger partial charge < -0.3 is 20.5 Å². The molecule has 0 amide bonds. The van der Waals surface area contributed by atoms with Gasteiger partial charge in [-0.2, -0.15) is 0 Å². The minimum Gasteiger partial charge on any atom is -0.507 e. The first kappa shape index (κ1) is 18.4. The van der Waals surface area contributed by atoms with Gasteiger partial charge in [-0.05, 0) is 48.5 Å². The number of methoxy groups -OCH3 is 1. The van der Waals surface area contributed by atoms with Crippen LogP contribution in [0.2, 0.25) is 5.02 Å². The summed E-state index contributed by atoms with van der Waals surface area (Å²) >= 11 is 6.06. The number of halogens is 1. The van der Waals surface area contributed by atoms with Crippen LogP contribution in [0.1, 0.15) is 28.9 Å². The summed E-state index contributed by atoms with van der Waals surface area (Å²) in [7, 11) is 1.66. The molecule has 28 heavy (non-hydrogen) atoms. The summed E-state index contributed by atoms with van der Waals surface area (Å²) < 4.78 is 5.38. The van der Waals surface area contributed by atoms with Gasteiger partial charge in [0.1, 0.15) is 17.5 Å².